The first-order chi connectivity index (χ1) is 8.38. The Kier molecular flexibility index (Phi) is 2.12. The zero-order chi connectivity index (χ0) is 11.2. The molecule has 3 aliphatic heterocycles. The Labute approximate surface area is 101 Å². The van der Waals surface area contributed by atoms with Crippen molar-refractivity contribution in [2.75, 3.05) is 19.6 Å². The molecule has 4 heterocycles. The molecule has 2 unspecified atom stereocenters. The monoisotopic (exact) mass is 231 g/mol. The third-order valence-electron chi connectivity index (χ3n) is 4.51. The molecule has 3 saturated heterocycles. The maximum absolute atomic E-state index is 6.14. The molecule has 4 nitrogen and oxygen atoms in total. The number of ether oxygens (including phenoxy) is 1. The fourth-order valence-corrected chi connectivity index (χ4v) is 4.06. The number of aromatic nitrogens is 2. The van der Waals surface area contributed by atoms with Crippen LogP contribution in [-0.4, -0.2) is 40.6 Å². The smallest absolute Gasteiger partial charge is 0.156 e. The second-order valence-electron chi connectivity index (χ2n) is 5.73. The van der Waals surface area contributed by atoms with Gasteiger partial charge in [0.05, 0.1) is 12.4 Å². The summed E-state index contributed by atoms with van der Waals surface area (Å²) in [4.78, 5) is 10.7. The summed E-state index contributed by atoms with van der Waals surface area (Å²) in [5.41, 5.74) is 0. The van der Waals surface area contributed by atoms with E-state index in [0.717, 1.165) is 23.5 Å². The van der Waals surface area contributed by atoms with Crippen molar-refractivity contribution in [3.8, 4) is 5.75 Å². The highest BCUT2D eigenvalue weighted by Gasteiger charge is 2.48. The van der Waals surface area contributed by atoms with Crippen molar-refractivity contribution in [1.29, 1.82) is 0 Å². The Hall–Kier alpha value is -1.16. The molecular formula is C13H17N3O. The summed E-state index contributed by atoms with van der Waals surface area (Å²) in [6, 6.07) is 0. The maximum atomic E-state index is 6.14. The van der Waals surface area contributed by atoms with Crippen molar-refractivity contribution in [3.05, 3.63) is 18.7 Å². The maximum Gasteiger partial charge on any atom is 0.156 e. The van der Waals surface area contributed by atoms with Crippen LogP contribution < -0.4 is 4.74 Å². The van der Waals surface area contributed by atoms with Gasteiger partial charge in [-0.05, 0) is 18.8 Å². The quantitative estimate of drug-likeness (QED) is 0.766. The van der Waals surface area contributed by atoms with E-state index in [0.29, 0.717) is 6.10 Å². The Morgan fingerprint density at radius 3 is 2.41 bits per heavy atom. The fourth-order valence-electron chi connectivity index (χ4n) is 4.06. The topological polar surface area (TPSA) is 38.2 Å². The molecule has 0 aromatic carbocycles. The lowest BCUT2D eigenvalue weighted by Gasteiger charge is -2.55. The largest absolute Gasteiger partial charge is 0.487 e. The standard InChI is InChI=1S/C13H17N3O/c1-9-2-11-7-16(5-9)6-10(1)13(11)17-12-3-14-8-15-4-12/h3-4,8-11,13H,1-2,5-7H2. The Balaban J connectivity index is 1.55. The molecule has 17 heavy (non-hydrogen) atoms. The van der Waals surface area contributed by atoms with Crippen molar-refractivity contribution in [2.45, 2.75) is 18.9 Å². The normalized spacial score (nSPS) is 42.7. The molecule has 0 radical (unpaired) electrons. The second-order valence-corrected chi connectivity index (χ2v) is 5.73. The van der Waals surface area contributed by atoms with E-state index in [1.807, 2.05) is 0 Å². The van der Waals surface area contributed by atoms with Gasteiger partial charge in [-0.25, -0.2) is 9.97 Å². The summed E-state index contributed by atoms with van der Waals surface area (Å²) < 4.78 is 6.14. The molecule has 90 valence electrons. The summed E-state index contributed by atoms with van der Waals surface area (Å²) in [5.74, 6) is 3.21. The zero-order valence-corrected chi connectivity index (χ0v) is 9.83. The van der Waals surface area contributed by atoms with Gasteiger partial charge in [-0.3, -0.25) is 0 Å². The molecule has 0 N–H and O–H groups in total. The van der Waals surface area contributed by atoms with Crippen LogP contribution in [0.25, 0.3) is 0 Å². The van der Waals surface area contributed by atoms with Crippen LogP contribution in [-0.2, 0) is 0 Å². The van der Waals surface area contributed by atoms with Gasteiger partial charge in [-0.2, -0.15) is 0 Å². The molecular weight excluding hydrogens is 214 g/mol. The molecule has 1 saturated carbocycles. The predicted molar refractivity (Wildman–Crippen MR) is 62.6 cm³/mol. The minimum Gasteiger partial charge on any atom is -0.487 e. The number of hydrogen-bond acceptors (Lipinski definition) is 4. The van der Waals surface area contributed by atoms with Crippen molar-refractivity contribution in [3.63, 3.8) is 0 Å². The summed E-state index contributed by atoms with van der Waals surface area (Å²) in [6.07, 6.45) is 8.21. The molecule has 4 fully saturated rings. The van der Waals surface area contributed by atoms with Crippen LogP contribution in [0.4, 0.5) is 0 Å². The van der Waals surface area contributed by atoms with E-state index in [1.165, 1.54) is 32.5 Å². The van der Waals surface area contributed by atoms with Gasteiger partial charge in [0.15, 0.2) is 5.75 Å². The van der Waals surface area contributed by atoms with E-state index in [2.05, 4.69) is 14.9 Å². The lowest BCUT2D eigenvalue weighted by atomic mass is 9.66. The van der Waals surface area contributed by atoms with E-state index >= 15 is 0 Å². The number of rotatable bonds is 2. The van der Waals surface area contributed by atoms with Crippen LogP contribution in [0.15, 0.2) is 18.7 Å². The van der Waals surface area contributed by atoms with Gasteiger partial charge in [-0.15, -0.1) is 0 Å². The third kappa shape index (κ3) is 1.62. The summed E-state index contributed by atoms with van der Waals surface area (Å²) in [5, 5.41) is 0. The molecule has 5 rings (SSSR count). The van der Waals surface area contributed by atoms with Crippen molar-refractivity contribution in [2.24, 2.45) is 17.8 Å². The van der Waals surface area contributed by atoms with E-state index in [4.69, 9.17) is 4.74 Å². The van der Waals surface area contributed by atoms with Crippen molar-refractivity contribution < 1.29 is 4.74 Å². The van der Waals surface area contributed by atoms with Crippen LogP contribution in [0.2, 0.25) is 0 Å². The van der Waals surface area contributed by atoms with E-state index in [1.54, 1.807) is 18.7 Å². The van der Waals surface area contributed by atoms with Gasteiger partial charge in [0.25, 0.3) is 0 Å². The first-order valence-corrected chi connectivity index (χ1v) is 6.52. The lowest BCUT2D eigenvalue weighted by molar-refractivity contribution is -0.0986. The molecule has 0 spiro atoms. The van der Waals surface area contributed by atoms with E-state index in [9.17, 15) is 0 Å². The number of hydrogen-bond donors (Lipinski definition) is 0. The first-order valence-electron chi connectivity index (χ1n) is 6.52. The van der Waals surface area contributed by atoms with Crippen molar-refractivity contribution >= 4 is 0 Å². The van der Waals surface area contributed by atoms with Gasteiger partial charge in [0.2, 0.25) is 0 Å². The van der Waals surface area contributed by atoms with Gasteiger partial charge in [0, 0.05) is 31.5 Å². The highest BCUT2D eigenvalue weighted by Crippen LogP contribution is 2.44. The summed E-state index contributed by atoms with van der Waals surface area (Å²) in [6.45, 7) is 3.78. The molecule has 2 atom stereocenters. The van der Waals surface area contributed by atoms with E-state index < -0.39 is 0 Å². The average molecular weight is 231 g/mol. The van der Waals surface area contributed by atoms with Crippen LogP contribution in [0.5, 0.6) is 5.75 Å². The van der Waals surface area contributed by atoms with Crippen LogP contribution >= 0.6 is 0 Å². The second kappa shape index (κ2) is 3.67. The Morgan fingerprint density at radius 2 is 1.76 bits per heavy atom. The van der Waals surface area contributed by atoms with Gasteiger partial charge >= 0.3 is 0 Å². The molecule has 0 amide bonds. The molecule has 4 bridgehead atoms. The van der Waals surface area contributed by atoms with Crippen LogP contribution in [0.3, 0.4) is 0 Å². The van der Waals surface area contributed by atoms with Crippen molar-refractivity contribution in [1.82, 2.24) is 14.9 Å². The van der Waals surface area contributed by atoms with Crippen LogP contribution in [0.1, 0.15) is 12.8 Å². The van der Waals surface area contributed by atoms with Gasteiger partial charge in [-0.1, -0.05) is 0 Å². The summed E-state index contributed by atoms with van der Waals surface area (Å²) in [7, 11) is 0. The molecule has 1 aromatic heterocycles. The Bertz CT molecular complexity index is 380. The SMILES string of the molecule is c1ncc(OC2C3CC4CC2CN(C4)C3)cn1. The molecule has 4 heteroatoms. The molecule has 4 aliphatic rings. The average Bonchev–Trinajstić information content (AvgIpc) is 2.34. The zero-order valence-electron chi connectivity index (χ0n) is 9.83. The van der Waals surface area contributed by atoms with E-state index in [-0.39, 0.29) is 0 Å². The Morgan fingerprint density at radius 1 is 1.06 bits per heavy atom. The summed E-state index contributed by atoms with van der Waals surface area (Å²) >= 11 is 0. The molecule has 1 aromatic rings. The minimum absolute atomic E-state index is 0.397. The third-order valence-corrected chi connectivity index (χ3v) is 4.51. The van der Waals surface area contributed by atoms with Crippen LogP contribution in [0, 0.1) is 17.8 Å². The highest BCUT2D eigenvalue weighted by atomic mass is 16.5. The number of nitrogens with zero attached hydrogens (tertiary/aromatic N) is 3. The van der Waals surface area contributed by atoms with Gasteiger partial charge < -0.3 is 9.64 Å². The lowest BCUT2D eigenvalue weighted by Crippen LogP contribution is -2.61. The highest BCUT2D eigenvalue weighted by molar-refractivity contribution is 5.12. The van der Waals surface area contributed by atoms with Gasteiger partial charge in [0.1, 0.15) is 12.4 Å². The first kappa shape index (κ1) is 9.83. The minimum atomic E-state index is 0.397. The molecule has 1 aliphatic carbocycles. The predicted octanol–water partition coefficient (Wildman–Crippen LogP) is 1.20. The number of piperidine rings is 3. The fraction of sp³-hybridized carbons (Fsp3) is 0.692.